The van der Waals surface area contributed by atoms with Crippen LogP contribution in [0.1, 0.15) is 12.0 Å². The first-order chi connectivity index (χ1) is 11.5. The number of H-pyrrole nitrogens is 2. The van der Waals surface area contributed by atoms with Gasteiger partial charge in [-0.05, 0) is 25.2 Å². The third-order valence-corrected chi connectivity index (χ3v) is 3.73. The van der Waals surface area contributed by atoms with Crippen molar-refractivity contribution in [2.75, 3.05) is 18.9 Å². The summed E-state index contributed by atoms with van der Waals surface area (Å²) in [5.41, 5.74) is 2.91. The highest BCUT2D eigenvalue weighted by Gasteiger charge is 2.08. The van der Waals surface area contributed by atoms with Crippen molar-refractivity contribution in [2.45, 2.75) is 13.0 Å². The van der Waals surface area contributed by atoms with Gasteiger partial charge in [-0.15, -0.1) is 0 Å². The molecule has 0 saturated heterocycles. The third-order valence-electron chi connectivity index (χ3n) is 3.73. The van der Waals surface area contributed by atoms with Crippen molar-refractivity contribution in [3.8, 4) is 0 Å². The Morgan fingerprint density at radius 2 is 2.12 bits per heavy atom. The zero-order valence-electron chi connectivity index (χ0n) is 13.7. The van der Waals surface area contributed by atoms with Gasteiger partial charge in [0.1, 0.15) is 0 Å². The maximum atomic E-state index is 12.1. The molecule has 1 amide bonds. The first-order valence-electron chi connectivity index (χ1n) is 7.67. The van der Waals surface area contributed by atoms with Gasteiger partial charge >= 0.3 is 5.69 Å². The highest BCUT2D eigenvalue weighted by molar-refractivity contribution is 5.93. The van der Waals surface area contributed by atoms with Gasteiger partial charge in [-0.2, -0.15) is 5.10 Å². The molecule has 3 rings (SSSR count). The van der Waals surface area contributed by atoms with Crippen LogP contribution in [0.15, 0.2) is 35.4 Å². The van der Waals surface area contributed by atoms with E-state index in [0.29, 0.717) is 29.7 Å². The summed E-state index contributed by atoms with van der Waals surface area (Å²) < 4.78 is 1.76. The third kappa shape index (κ3) is 3.90. The average molecular weight is 328 g/mol. The van der Waals surface area contributed by atoms with Crippen LogP contribution in [0.4, 0.5) is 5.69 Å². The van der Waals surface area contributed by atoms with Crippen LogP contribution in [0.5, 0.6) is 0 Å². The smallest absolute Gasteiger partial charge is 0.323 e. The SMILES string of the molecule is CN(CCC(=O)Nc1ccc2[nH]c(=O)[nH]c2c1)Cc1cnn(C)c1. The molecule has 8 heteroatoms. The van der Waals surface area contributed by atoms with Gasteiger partial charge in [0.25, 0.3) is 0 Å². The number of rotatable bonds is 6. The molecule has 3 aromatic rings. The molecule has 0 fully saturated rings. The normalized spacial score (nSPS) is 11.3. The Kier molecular flexibility index (Phi) is 4.48. The van der Waals surface area contributed by atoms with Crippen LogP contribution in [0.2, 0.25) is 0 Å². The summed E-state index contributed by atoms with van der Waals surface area (Å²) in [7, 11) is 3.85. The quantitative estimate of drug-likeness (QED) is 0.630. The molecule has 0 spiro atoms. The molecule has 126 valence electrons. The summed E-state index contributed by atoms with van der Waals surface area (Å²) in [5, 5.41) is 6.98. The predicted molar refractivity (Wildman–Crippen MR) is 91.7 cm³/mol. The van der Waals surface area contributed by atoms with Crippen LogP contribution in [0, 0.1) is 0 Å². The number of nitrogens with zero attached hydrogens (tertiary/aromatic N) is 3. The molecule has 2 heterocycles. The largest absolute Gasteiger partial charge is 0.326 e. The molecule has 3 N–H and O–H groups in total. The van der Waals surface area contributed by atoms with Gasteiger partial charge in [-0.25, -0.2) is 4.79 Å². The predicted octanol–water partition coefficient (Wildman–Crippen LogP) is 1.05. The minimum absolute atomic E-state index is 0.0646. The number of imidazole rings is 1. The lowest BCUT2D eigenvalue weighted by atomic mass is 10.2. The Hall–Kier alpha value is -2.87. The van der Waals surface area contributed by atoms with Gasteiger partial charge in [-0.3, -0.25) is 9.48 Å². The number of benzene rings is 1. The number of fused-ring (bicyclic) bond motifs is 1. The van der Waals surface area contributed by atoms with Crippen LogP contribution >= 0.6 is 0 Å². The van der Waals surface area contributed by atoms with E-state index >= 15 is 0 Å². The molecular weight excluding hydrogens is 308 g/mol. The number of carbonyl (C=O) groups excluding carboxylic acids is 1. The minimum Gasteiger partial charge on any atom is -0.326 e. The number of hydrogen-bond donors (Lipinski definition) is 3. The summed E-state index contributed by atoms with van der Waals surface area (Å²) >= 11 is 0. The maximum Gasteiger partial charge on any atom is 0.323 e. The Morgan fingerprint density at radius 1 is 1.33 bits per heavy atom. The number of aromatic nitrogens is 4. The van der Waals surface area contributed by atoms with E-state index in [1.165, 1.54) is 0 Å². The molecule has 0 radical (unpaired) electrons. The van der Waals surface area contributed by atoms with Crippen molar-refractivity contribution in [1.82, 2.24) is 24.6 Å². The lowest BCUT2D eigenvalue weighted by Crippen LogP contribution is -2.23. The Balaban J connectivity index is 1.51. The van der Waals surface area contributed by atoms with Gasteiger partial charge in [0.05, 0.1) is 17.2 Å². The van der Waals surface area contributed by atoms with Crippen LogP contribution in [-0.2, 0) is 18.4 Å². The van der Waals surface area contributed by atoms with Crippen LogP contribution in [-0.4, -0.2) is 44.1 Å². The van der Waals surface area contributed by atoms with Gasteiger partial charge in [-0.1, -0.05) is 0 Å². The minimum atomic E-state index is -0.259. The van der Waals surface area contributed by atoms with Crippen molar-refractivity contribution in [3.05, 3.63) is 46.6 Å². The first-order valence-corrected chi connectivity index (χ1v) is 7.67. The van der Waals surface area contributed by atoms with E-state index in [-0.39, 0.29) is 11.6 Å². The van der Waals surface area contributed by atoms with E-state index in [2.05, 4.69) is 25.3 Å². The number of aryl methyl sites for hydroxylation is 1. The molecule has 1 aromatic carbocycles. The van der Waals surface area contributed by atoms with E-state index in [9.17, 15) is 9.59 Å². The fourth-order valence-electron chi connectivity index (χ4n) is 2.57. The number of amides is 1. The molecular formula is C16H20N6O2. The first kappa shape index (κ1) is 16.0. The standard InChI is InChI=1S/C16H20N6O2/c1-21(9-11-8-17-22(2)10-11)6-5-15(23)18-12-3-4-13-14(7-12)20-16(24)19-13/h3-4,7-8,10H,5-6,9H2,1-2H3,(H,18,23)(H2,19,20,24). The van der Waals surface area contributed by atoms with Gasteiger partial charge in [0.15, 0.2) is 0 Å². The summed E-state index contributed by atoms with van der Waals surface area (Å²) in [5.74, 6) is -0.0646. The van der Waals surface area contributed by atoms with Crippen LogP contribution in [0.3, 0.4) is 0 Å². The van der Waals surface area contributed by atoms with Crippen molar-refractivity contribution >= 4 is 22.6 Å². The second-order valence-corrected chi connectivity index (χ2v) is 5.90. The molecule has 0 bridgehead atoms. The molecule has 0 aliphatic rings. The monoisotopic (exact) mass is 328 g/mol. The molecule has 24 heavy (non-hydrogen) atoms. The topological polar surface area (TPSA) is 98.8 Å². The second-order valence-electron chi connectivity index (χ2n) is 5.90. The summed E-state index contributed by atoms with van der Waals surface area (Å²) in [6.07, 6.45) is 4.17. The van der Waals surface area contributed by atoms with E-state index in [1.807, 2.05) is 26.5 Å². The molecule has 0 aliphatic carbocycles. The van der Waals surface area contributed by atoms with Crippen LogP contribution in [0.25, 0.3) is 11.0 Å². The maximum absolute atomic E-state index is 12.1. The van der Waals surface area contributed by atoms with Crippen molar-refractivity contribution < 1.29 is 4.79 Å². The summed E-state index contributed by atoms with van der Waals surface area (Å²) in [6, 6.07) is 5.27. The molecule has 0 atom stereocenters. The molecule has 8 nitrogen and oxygen atoms in total. The number of anilines is 1. The average Bonchev–Trinajstić information content (AvgIpc) is 3.09. The fraction of sp³-hybridized carbons (Fsp3) is 0.312. The van der Waals surface area contributed by atoms with Crippen molar-refractivity contribution in [1.29, 1.82) is 0 Å². The van der Waals surface area contributed by atoms with Gasteiger partial charge in [0, 0.05) is 44.0 Å². The summed E-state index contributed by atoms with van der Waals surface area (Å²) in [6.45, 7) is 1.39. The second kappa shape index (κ2) is 6.71. The van der Waals surface area contributed by atoms with Gasteiger partial charge < -0.3 is 20.2 Å². The van der Waals surface area contributed by atoms with Crippen LogP contribution < -0.4 is 11.0 Å². The Labute approximate surface area is 138 Å². The number of aromatic amines is 2. The fourth-order valence-corrected chi connectivity index (χ4v) is 2.57. The van der Waals surface area contributed by atoms with E-state index in [4.69, 9.17) is 0 Å². The number of carbonyl (C=O) groups is 1. The highest BCUT2D eigenvalue weighted by atomic mass is 16.1. The zero-order valence-corrected chi connectivity index (χ0v) is 13.7. The van der Waals surface area contributed by atoms with E-state index in [0.717, 1.165) is 12.1 Å². The molecule has 0 saturated carbocycles. The lowest BCUT2D eigenvalue weighted by molar-refractivity contribution is -0.116. The molecule has 0 unspecified atom stereocenters. The highest BCUT2D eigenvalue weighted by Crippen LogP contribution is 2.14. The number of hydrogen-bond acceptors (Lipinski definition) is 4. The van der Waals surface area contributed by atoms with Gasteiger partial charge in [0.2, 0.25) is 5.91 Å². The van der Waals surface area contributed by atoms with E-state index < -0.39 is 0 Å². The molecule has 2 aromatic heterocycles. The van der Waals surface area contributed by atoms with E-state index in [1.54, 1.807) is 22.9 Å². The summed E-state index contributed by atoms with van der Waals surface area (Å²) in [4.78, 5) is 30.7. The van der Waals surface area contributed by atoms with Crippen molar-refractivity contribution in [3.63, 3.8) is 0 Å². The number of nitrogens with one attached hydrogen (secondary N) is 3. The Bertz CT molecular complexity index is 907. The zero-order chi connectivity index (χ0) is 17.1. The Morgan fingerprint density at radius 3 is 2.88 bits per heavy atom. The van der Waals surface area contributed by atoms with Crippen molar-refractivity contribution in [2.24, 2.45) is 7.05 Å². The lowest BCUT2D eigenvalue weighted by Gasteiger charge is -2.15. The molecule has 0 aliphatic heterocycles.